The van der Waals surface area contributed by atoms with Crippen molar-refractivity contribution in [3.05, 3.63) is 34.1 Å². The van der Waals surface area contributed by atoms with E-state index in [2.05, 4.69) is 4.74 Å². The van der Waals surface area contributed by atoms with Crippen molar-refractivity contribution in [3.8, 4) is 0 Å². The lowest BCUT2D eigenvalue weighted by molar-refractivity contribution is -0.366. The van der Waals surface area contributed by atoms with Crippen molar-refractivity contribution in [1.29, 1.82) is 0 Å². The van der Waals surface area contributed by atoms with Gasteiger partial charge in [-0.3, -0.25) is 9.35 Å². The van der Waals surface area contributed by atoms with Crippen molar-refractivity contribution in [3.63, 3.8) is 0 Å². The number of halogens is 17. The van der Waals surface area contributed by atoms with E-state index in [0.29, 0.717) is 0 Å². The van der Waals surface area contributed by atoms with Crippen molar-refractivity contribution < 1.29 is 97.1 Å². The van der Waals surface area contributed by atoms with Crippen LogP contribution in [0.3, 0.4) is 0 Å². The Kier molecular flexibility index (Phi) is 8.15. The molecule has 0 saturated carbocycles. The average molecular weight is 620 g/mol. The van der Waals surface area contributed by atoms with Crippen LogP contribution >= 0.6 is 0 Å². The molecule has 1 N–H and O–H groups in total. The number of hydrogen-bond acceptors (Lipinski definition) is 4. The van der Waals surface area contributed by atoms with E-state index in [-0.39, 0.29) is 12.2 Å². The molecule has 1 rings (SSSR count). The Balaban J connectivity index is 4.46. The minimum atomic E-state index is -8.40. The Labute approximate surface area is 196 Å². The lowest BCUT2D eigenvalue weighted by Gasteiger charge is -2.41. The Hall–Kier alpha value is -2.59. The van der Waals surface area contributed by atoms with Gasteiger partial charge in [0.05, 0.1) is 12.0 Å². The summed E-state index contributed by atoms with van der Waals surface area (Å²) in [6.45, 7) is 0. The first-order valence-electron chi connectivity index (χ1n) is 8.41. The summed E-state index contributed by atoms with van der Waals surface area (Å²) in [5, 5.41) is 0. The van der Waals surface area contributed by atoms with E-state index in [1.807, 2.05) is 0 Å². The van der Waals surface area contributed by atoms with Crippen molar-refractivity contribution in [2.75, 3.05) is 0 Å². The van der Waals surface area contributed by atoms with Crippen molar-refractivity contribution >= 4 is 15.9 Å². The zero-order valence-electron chi connectivity index (χ0n) is 16.8. The van der Waals surface area contributed by atoms with Gasteiger partial charge in [0.1, 0.15) is 10.7 Å². The molecule has 0 amide bonds. The van der Waals surface area contributed by atoms with E-state index in [0.717, 1.165) is 0 Å². The average Bonchev–Trinajstić information content (AvgIpc) is 2.61. The highest BCUT2D eigenvalue weighted by Crippen LogP contribution is 2.63. The Morgan fingerprint density at radius 2 is 1.03 bits per heavy atom. The van der Waals surface area contributed by atoms with Gasteiger partial charge in [-0.1, -0.05) is 0 Å². The minimum absolute atomic E-state index is 0.295. The Morgan fingerprint density at radius 1 is 0.684 bits per heavy atom. The summed E-state index contributed by atoms with van der Waals surface area (Å²) in [6, 6.07) is 0. The molecule has 0 unspecified atom stereocenters. The predicted molar refractivity (Wildman–Crippen MR) is 83.4 cm³/mol. The largest absolute Gasteiger partial charge is 0.456 e. The number of allylic oxidation sites excluding steroid dienone is 6. The maximum atomic E-state index is 14.5. The van der Waals surface area contributed by atoms with Gasteiger partial charge in [-0.05, 0) is 12.2 Å². The molecule has 1 aliphatic rings. The molecule has 0 aliphatic heterocycles. The normalized spacial score (nSPS) is 17.2. The molecule has 0 bridgehead atoms. The molecule has 0 heterocycles. The van der Waals surface area contributed by atoms with E-state index in [1.54, 1.807) is 0 Å². The van der Waals surface area contributed by atoms with E-state index in [1.165, 1.54) is 0 Å². The maximum Gasteiger partial charge on any atom is 0.449 e. The SMILES string of the molecule is O=C1CC(OC(=C(C(F)(C(F)(F)F)C(F)(F)F)C(F)(C(F)(F)F)C(F)(F)F)C(F)(F)F)=CC=C1S(=O)(=O)O. The summed E-state index contributed by atoms with van der Waals surface area (Å²) in [6.07, 6.45) is -43.0. The first-order chi connectivity index (χ1) is 16.3. The number of ketones is 1. The monoisotopic (exact) mass is 620 g/mol. The Bertz CT molecular complexity index is 1090. The first kappa shape index (κ1) is 33.4. The fourth-order valence-corrected chi connectivity index (χ4v) is 3.29. The lowest BCUT2D eigenvalue weighted by atomic mass is 9.79. The third-order valence-corrected chi connectivity index (χ3v) is 5.20. The van der Waals surface area contributed by atoms with Crippen LogP contribution in [0.1, 0.15) is 6.42 Å². The van der Waals surface area contributed by atoms with Gasteiger partial charge < -0.3 is 4.74 Å². The smallest absolute Gasteiger partial charge is 0.449 e. The summed E-state index contributed by atoms with van der Waals surface area (Å²) >= 11 is 0. The van der Waals surface area contributed by atoms with Crippen molar-refractivity contribution in [1.82, 2.24) is 0 Å². The highest BCUT2D eigenvalue weighted by Gasteiger charge is 2.88. The second kappa shape index (κ2) is 9.26. The molecule has 23 heteroatoms. The summed E-state index contributed by atoms with van der Waals surface area (Å²) in [4.78, 5) is 9.84. The third kappa shape index (κ3) is 5.71. The van der Waals surface area contributed by atoms with Crippen LogP contribution in [0.4, 0.5) is 74.6 Å². The van der Waals surface area contributed by atoms with Gasteiger partial charge in [0.2, 0.25) is 5.76 Å². The maximum absolute atomic E-state index is 14.5. The van der Waals surface area contributed by atoms with Gasteiger partial charge in [-0.25, -0.2) is 8.78 Å². The highest BCUT2D eigenvalue weighted by atomic mass is 32.2. The fourth-order valence-electron chi connectivity index (χ4n) is 2.69. The van der Waals surface area contributed by atoms with Crippen LogP contribution in [0.2, 0.25) is 0 Å². The van der Waals surface area contributed by atoms with Crippen molar-refractivity contribution in [2.24, 2.45) is 0 Å². The van der Waals surface area contributed by atoms with E-state index >= 15 is 0 Å². The zero-order valence-corrected chi connectivity index (χ0v) is 17.6. The molecule has 5 nitrogen and oxygen atoms in total. The molecule has 220 valence electrons. The molecular formula is C15H5F17O5S. The number of carbonyl (C=O) groups is 1. The summed E-state index contributed by atoms with van der Waals surface area (Å²) < 4.78 is 260. The van der Waals surface area contributed by atoms with Crippen LogP contribution in [0.25, 0.3) is 0 Å². The zero-order chi connectivity index (χ0) is 30.7. The van der Waals surface area contributed by atoms with Gasteiger partial charge in [-0.2, -0.15) is 74.3 Å². The number of rotatable bonds is 5. The quantitative estimate of drug-likeness (QED) is 0.228. The number of ether oxygens (including phenoxy) is 1. The third-order valence-electron chi connectivity index (χ3n) is 4.28. The molecule has 0 saturated heterocycles. The molecule has 0 spiro atoms. The van der Waals surface area contributed by atoms with Crippen LogP contribution in [-0.4, -0.2) is 61.0 Å². The van der Waals surface area contributed by atoms with Crippen LogP contribution in [0.15, 0.2) is 34.1 Å². The molecule has 0 atom stereocenters. The van der Waals surface area contributed by atoms with Gasteiger partial charge >= 0.3 is 42.2 Å². The fraction of sp³-hybridized carbons (Fsp3) is 0.533. The van der Waals surface area contributed by atoms with Gasteiger partial charge in [0, 0.05) is 0 Å². The van der Waals surface area contributed by atoms with Crippen LogP contribution in [0.5, 0.6) is 0 Å². The molecule has 0 radical (unpaired) electrons. The molecule has 0 aromatic heterocycles. The molecule has 38 heavy (non-hydrogen) atoms. The topological polar surface area (TPSA) is 80.7 Å². The van der Waals surface area contributed by atoms with Crippen LogP contribution in [0, 0.1) is 0 Å². The first-order valence-corrected chi connectivity index (χ1v) is 9.85. The predicted octanol–water partition coefficient (Wildman–Crippen LogP) is 6.11. The van der Waals surface area contributed by atoms with Gasteiger partial charge in [0.15, 0.2) is 5.78 Å². The van der Waals surface area contributed by atoms with Crippen molar-refractivity contribution in [2.45, 2.75) is 48.6 Å². The Morgan fingerprint density at radius 3 is 1.26 bits per heavy atom. The molecule has 0 fully saturated rings. The minimum Gasteiger partial charge on any atom is -0.456 e. The number of carbonyl (C=O) groups excluding carboxylic acids is 1. The molecule has 0 aromatic carbocycles. The molecular weight excluding hydrogens is 615 g/mol. The second-order valence-electron chi connectivity index (χ2n) is 6.85. The van der Waals surface area contributed by atoms with Gasteiger partial charge in [-0.15, -0.1) is 0 Å². The van der Waals surface area contributed by atoms with Crippen LogP contribution in [-0.2, 0) is 19.6 Å². The van der Waals surface area contributed by atoms with E-state index in [9.17, 15) is 87.8 Å². The molecule has 1 aliphatic carbocycles. The van der Waals surface area contributed by atoms with E-state index < -0.39 is 86.5 Å². The summed E-state index contributed by atoms with van der Waals surface area (Å²) in [5.41, 5.74) is -22.5. The van der Waals surface area contributed by atoms with E-state index in [4.69, 9.17) is 4.55 Å². The molecule has 0 aromatic rings. The van der Waals surface area contributed by atoms with Gasteiger partial charge in [0.25, 0.3) is 10.1 Å². The summed E-state index contributed by atoms with van der Waals surface area (Å²) in [7, 11) is -5.53. The standard InChI is InChI=1S/C15H5F17O5S/c16-9(12(21,22)23,13(24,25)26)7(10(17,14(27,28)29)15(30,31)32)8(11(18,19)20)37-4-1-2-6(5(33)3-4)38(34,35)36/h1-2H,3H2,(H,34,35,36). The second-order valence-corrected chi connectivity index (χ2v) is 8.24. The number of alkyl halides is 17. The number of hydrogen-bond donors (Lipinski definition) is 1. The highest BCUT2D eigenvalue weighted by molar-refractivity contribution is 7.90. The van der Waals surface area contributed by atoms with Crippen LogP contribution < -0.4 is 0 Å². The number of Topliss-reactive ketones (excluding diaryl/α,β-unsaturated/α-hetero) is 1. The summed E-state index contributed by atoms with van der Waals surface area (Å²) in [5.74, 6) is -9.09. The lowest BCUT2D eigenvalue weighted by Crippen LogP contribution is -2.66.